The van der Waals surface area contributed by atoms with E-state index in [2.05, 4.69) is 41.2 Å². The lowest BCUT2D eigenvalue weighted by Gasteiger charge is -2.36. The topological polar surface area (TPSA) is 9.23 Å². The molecule has 2 rings (SSSR count). The van der Waals surface area contributed by atoms with Gasteiger partial charge in [0.1, 0.15) is 11.4 Å². The summed E-state index contributed by atoms with van der Waals surface area (Å²) in [5.41, 5.74) is 6.64. The molecule has 0 amide bonds. The van der Waals surface area contributed by atoms with Crippen molar-refractivity contribution in [3.63, 3.8) is 0 Å². The zero-order chi connectivity index (χ0) is 12.8. The van der Waals surface area contributed by atoms with E-state index >= 15 is 0 Å². The molecule has 1 atom stereocenters. The van der Waals surface area contributed by atoms with E-state index in [0.717, 1.165) is 18.6 Å². The Morgan fingerprint density at radius 3 is 2.24 bits per heavy atom. The minimum Gasteiger partial charge on any atom is -0.483 e. The number of hydrogen-bond donors (Lipinski definition) is 0. The Morgan fingerprint density at radius 1 is 1.06 bits per heavy atom. The molecule has 0 aromatic heterocycles. The quantitative estimate of drug-likeness (QED) is 0.657. The molecule has 0 saturated heterocycles. The van der Waals surface area contributed by atoms with Gasteiger partial charge in [-0.1, -0.05) is 6.58 Å². The van der Waals surface area contributed by atoms with Gasteiger partial charge >= 0.3 is 0 Å². The summed E-state index contributed by atoms with van der Waals surface area (Å²) in [6, 6.07) is 0. The van der Waals surface area contributed by atoms with Crippen LogP contribution >= 0.6 is 0 Å². The lowest BCUT2D eigenvalue weighted by Crippen LogP contribution is -2.34. The second-order valence-electron chi connectivity index (χ2n) is 5.43. The van der Waals surface area contributed by atoms with Crippen molar-refractivity contribution in [3.8, 4) is 5.75 Å². The van der Waals surface area contributed by atoms with Gasteiger partial charge in [-0.2, -0.15) is 0 Å². The summed E-state index contributed by atoms with van der Waals surface area (Å²) in [6.45, 7) is 14.8. The molecule has 1 aliphatic rings. The van der Waals surface area contributed by atoms with Crippen LogP contribution in [-0.2, 0) is 6.42 Å². The van der Waals surface area contributed by atoms with E-state index in [1.807, 2.05) is 6.08 Å². The Morgan fingerprint density at radius 2 is 1.65 bits per heavy atom. The molecule has 1 heterocycles. The third kappa shape index (κ3) is 1.78. The highest BCUT2D eigenvalue weighted by Gasteiger charge is 2.31. The molecule has 1 aromatic carbocycles. The predicted molar refractivity (Wildman–Crippen MR) is 72.9 cm³/mol. The smallest absolute Gasteiger partial charge is 0.127 e. The zero-order valence-electron chi connectivity index (χ0n) is 11.6. The second kappa shape index (κ2) is 3.90. The minimum atomic E-state index is -0.202. The standard InChI is InChI=1S/C16H22O/c1-7-16(6)9-8-14-12(4)10(2)11(3)13(5)15(14)17-16/h7H,1,8-9H2,2-6H3/t16-/m0/s1. The Bertz CT molecular complexity index is 485. The summed E-state index contributed by atoms with van der Waals surface area (Å²) >= 11 is 0. The SMILES string of the molecule is C=C[C@@]1(C)CCc2c(C)c(C)c(C)c(C)c2O1. The van der Waals surface area contributed by atoms with E-state index in [-0.39, 0.29) is 5.60 Å². The van der Waals surface area contributed by atoms with Gasteiger partial charge in [0.2, 0.25) is 0 Å². The van der Waals surface area contributed by atoms with Crippen molar-refractivity contribution in [1.82, 2.24) is 0 Å². The normalized spacial score (nSPS) is 22.9. The van der Waals surface area contributed by atoms with Crippen molar-refractivity contribution in [2.75, 3.05) is 0 Å². The first kappa shape index (κ1) is 12.2. The van der Waals surface area contributed by atoms with E-state index in [9.17, 15) is 0 Å². The van der Waals surface area contributed by atoms with Gasteiger partial charge < -0.3 is 4.74 Å². The third-order valence-corrected chi connectivity index (χ3v) is 4.39. The van der Waals surface area contributed by atoms with Gasteiger partial charge in [0.25, 0.3) is 0 Å². The van der Waals surface area contributed by atoms with Crippen LogP contribution in [0.2, 0.25) is 0 Å². The highest BCUT2D eigenvalue weighted by molar-refractivity contribution is 5.55. The molecule has 0 spiro atoms. The maximum atomic E-state index is 6.20. The van der Waals surface area contributed by atoms with Crippen LogP contribution in [0.3, 0.4) is 0 Å². The number of rotatable bonds is 1. The van der Waals surface area contributed by atoms with Gasteiger partial charge in [0.05, 0.1) is 0 Å². The third-order valence-electron chi connectivity index (χ3n) is 4.39. The molecule has 17 heavy (non-hydrogen) atoms. The molecule has 0 unspecified atom stereocenters. The first-order valence-corrected chi connectivity index (χ1v) is 6.31. The van der Waals surface area contributed by atoms with Crippen LogP contribution in [0.15, 0.2) is 12.7 Å². The molecule has 0 N–H and O–H groups in total. The lowest BCUT2D eigenvalue weighted by atomic mass is 9.85. The fourth-order valence-corrected chi connectivity index (χ4v) is 2.60. The number of hydrogen-bond acceptors (Lipinski definition) is 1. The summed E-state index contributed by atoms with van der Waals surface area (Å²) in [6.07, 6.45) is 4.04. The molecule has 1 aromatic rings. The number of benzene rings is 1. The van der Waals surface area contributed by atoms with Crippen LogP contribution in [0, 0.1) is 27.7 Å². The fraction of sp³-hybridized carbons (Fsp3) is 0.500. The molecule has 0 saturated carbocycles. The zero-order valence-corrected chi connectivity index (χ0v) is 11.6. The van der Waals surface area contributed by atoms with Crippen LogP contribution in [0.5, 0.6) is 5.75 Å². The Hall–Kier alpha value is -1.24. The summed E-state index contributed by atoms with van der Waals surface area (Å²) in [5, 5.41) is 0. The van der Waals surface area contributed by atoms with Gasteiger partial charge in [0, 0.05) is 0 Å². The first-order chi connectivity index (χ1) is 7.89. The maximum Gasteiger partial charge on any atom is 0.127 e. The van der Waals surface area contributed by atoms with Crippen molar-refractivity contribution >= 4 is 0 Å². The minimum absolute atomic E-state index is 0.202. The molecule has 1 heteroatoms. The molecular formula is C16H22O. The van der Waals surface area contributed by atoms with Crippen molar-refractivity contribution in [2.24, 2.45) is 0 Å². The van der Waals surface area contributed by atoms with Crippen LogP contribution in [0.1, 0.15) is 41.2 Å². The molecule has 92 valence electrons. The maximum absolute atomic E-state index is 6.20. The highest BCUT2D eigenvalue weighted by atomic mass is 16.5. The van der Waals surface area contributed by atoms with E-state index in [1.165, 1.54) is 27.8 Å². The van der Waals surface area contributed by atoms with Crippen molar-refractivity contribution < 1.29 is 4.74 Å². The predicted octanol–water partition coefficient (Wildman–Crippen LogP) is 4.19. The van der Waals surface area contributed by atoms with Crippen LogP contribution in [0.25, 0.3) is 0 Å². The average molecular weight is 230 g/mol. The van der Waals surface area contributed by atoms with Crippen molar-refractivity contribution in [1.29, 1.82) is 0 Å². The van der Waals surface area contributed by atoms with Crippen LogP contribution in [0.4, 0.5) is 0 Å². The summed E-state index contributed by atoms with van der Waals surface area (Å²) in [7, 11) is 0. The summed E-state index contributed by atoms with van der Waals surface area (Å²) in [4.78, 5) is 0. The van der Waals surface area contributed by atoms with E-state index in [0.29, 0.717) is 0 Å². The first-order valence-electron chi connectivity index (χ1n) is 6.31. The molecule has 1 nitrogen and oxygen atoms in total. The molecule has 0 radical (unpaired) electrons. The van der Waals surface area contributed by atoms with E-state index in [4.69, 9.17) is 4.74 Å². The summed E-state index contributed by atoms with van der Waals surface area (Å²) < 4.78 is 6.20. The molecule has 0 bridgehead atoms. The van der Waals surface area contributed by atoms with Gasteiger partial charge in [-0.3, -0.25) is 0 Å². The lowest BCUT2D eigenvalue weighted by molar-refractivity contribution is 0.113. The fourth-order valence-electron chi connectivity index (χ4n) is 2.60. The van der Waals surface area contributed by atoms with Gasteiger partial charge in [-0.05, 0) is 81.4 Å². The number of fused-ring (bicyclic) bond motifs is 1. The number of ether oxygens (including phenoxy) is 1. The van der Waals surface area contributed by atoms with Crippen LogP contribution < -0.4 is 4.74 Å². The van der Waals surface area contributed by atoms with E-state index in [1.54, 1.807) is 0 Å². The van der Waals surface area contributed by atoms with E-state index < -0.39 is 0 Å². The Labute approximate surface area is 104 Å². The average Bonchev–Trinajstić information content (AvgIpc) is 2.33. The largest absolute Gasteiger partial charge is 0.483 e. The van der Waals surface area contributed by atoms with Gasteiger partial charge in [-0.15, -0.1) is 0 Å². The monoisotopic (exact) mass is 230 g/mol. The molecule has 0 aliphatic carbocycles. The van der Waals surface area contributed by atoms with Crippen molar-refractivity contribution in [3.05, 3.63) is 40.5 Å². The van der Waals surface area contributed by atoms with Crippen LogP contribution in [-0.4, -0.2) is 5.60 Å². The summed E-state index contributed by atoms with van der Waals surface area (Å²) in [5.74, 6) is 1.10. The Balaban J connectivity index is 2.63. The van der Waals surface area contributed by atoms with Gasteiger partial charge in [0.15, 0.2) is 0 Å². The Kier molecular flexibility index (Phi) is 2.81. The molecule has 0 fully saturated rings. The van der Waals surface area contributed by atoms with Crippen molar-refractivity contribution in [2.45, 2.75) is 53.1 Å². The second-order valence-corrected chi connectivity index (χ2v) is 5.43. The van der Waals surface area contributed by atoms with Gasteiger partial charge in [-0.25, -0.2) is 0 Å². The molecular weight excluding hydrogens is 208 g/mol. The highest BCUT2D eigenvalue weighted by Crippen LogP contribution is 2.40. The molecule has 1 aliphatic heterocycles.